The number of esters is 1. The van der Waals surface area contributed by atoms with E-state index in [0.29, 0.717) is 39.7 Å². The third kappa shape index (κ3) is 7.41. The van der Waals surface area contributed by atoms with Gasteiger partial charge in [-0.05, 0) is 60.9 Å². The first kappa shape index (κ1) is 30.2. The second-order valence-corrected chi connectivity index (χ2v) is 8.46. The fourth-order valence-corrected chi connectivity index (χ4v) is 3.82. The van der Waals surface area contributed by atoms with Crippen molar-refractivity contribution < 1.29 is 42.9 Å². The van der Waals surface area contributed by atoms with Crippen molar-refractivity contribution in [3.05, 3.63) is 74.8 Å². The van der Waals surface area contributed by atoms with Crippen molar-refractivity contribution in [2.75, 3.05) is 35.0 Å². The number of non-ortho nitro benzene ring substituents is 1. The van der Waals surface area contributed by atoms with E-state index >= 15 is 0 Å². The molecule has 0 aliphatic heterocycles. The van der Waals surface area contributed by atoms with Crippen LogP contribution in [-0.4, -0.2) is 58.1 Å². The Bertz CT molecular complexity index is 1440. The van der Waals surface area contributed by atoms with E-state index in [4.69, 9.17) is 28.4 Å². The van der Waals surface area contributed by atoms with Gasteiger partial charge in [-0.15, -0.1) is 0 Å². The molecule has 0 aliphatic rings. The van der Waals surface area contributed by atoms with Crippen LogP contribution < -0.4 is 33.8 Å². The smallest absolute Gasteiger partial charge is 0.343 e. The van der Waals surface area contributed by atoms with Gasteiger partial charge in [0.2, 0.25) is 5.75 Å². The molecule has 216 valence electrons. The Morgan fingerprint density at radius 2 is 1.46 bits per heavy atom. The summed E-state index contributed by atoms with van der Waals surface area (Å²) in [4.78, 5) is 35.6. The Morgan fingerprint density at radius 1 is 0.854 bits per heavy atom. The highest BCUT2D eigenvalue weighted by atomic mass is 16.6. The third-order valence-electron chi connectivity index (χ3n) is 5.70. The predicted molar refractivity (Wildman–Crippen MR) is 148 cm³/mol. The number of hydrogen-bond donors (Lipinski definition) is 1. The van der Waals surface area contributed by atoms with Crippen LogP contribution in [-0.2, 0) is 4.79 Å². The van der Waals surface area contributed by atoms with Gasteiger partial charge in [0.25, 0.3) is 11.6 Å². The largest absolute Gasteiger partial charge is 0.493 e. The summed E-state index contributed by atoms with van der Waals surface area (Å²) in [6.07, 6.45) is 1.37. The van der Waals surface area contributed by atoms with Crippen LogP contribution in [0.25, 0.3) is 0 Å². The lowest BCUT2D eigenvalue weighted by atomic mass is 10.1. The molecule has 1 amide bonds. The number of amides is 1. The van der Waals surface area contributed by atoms with Crippen LogP contribution in [0.1, 0.15) is 27.0 Å². The first-order chi connectivity index (χ1) is 19.6. The fourth-order valence-electron chi connectivity index (χ4n) is 3.82. The highest BCUT2D eigenvalue weighted by molar-refractivity contribution is 5.93. The molecule has 0 atom stereocenters. The van der Waals surface area contributed by atoms with Gasteiger partial charge in [0.05, 0.1) is 45.1 Å². The number of aryl methyl sites for hydroxylation is 2. The predicted octanol–water partition coefficient (Wildman–Crippen LogP) is 3.99. The molecule has 0 aromatic heterocycles. The molecule has 0 saturated carbocycles. The van der Waals surface area contributed by atoms with Gasteiger partial charge in [-0.1, -0.05) is 0 Å². The number of rotatable bonds is 12. The number of hydrazone groups is 1. The van der Waals surface area contributed by atoms with Gasteiger partial charge in [0, 0.05) is 12.1 Å². The van der Waals surface area contributed by atoms with E-state index in [-0.39, 0.29) is 29.4 Å². The van der Waals surface area contributed by atoms with Crippen molar-refractivity contribution in [1.82, 2.24) is 5.43 Å². The molecule has 0 unspecified atom stereocenters. The Kier molecular flexibility index (Phi) is 10.1. The van der Waals surface area contributed by atoms with Crippen LogP contribution in [0.3, 0.4) is 0 Å². The number of hydrogen-bond acceptors (Lipinski definition) is 11. The van der Waals surface area contributed by atoms with Crippen LogP contribution in [0.2, 0.25) is 0 Å². The van der Waals surface area contributed by atoms with Crippen LogP contribution in [0.15, 0.2) is 47.6 Å². The third-order valence-corrected chi connectivity index (χ3v) is 5.70. The molecule has 3 rings (SSSR count). The quantitative estimate of drug-likeness (QED) is 0.112. The average molecular weight is 568 g/mol. The summed E-state index contributed by atoms with van der Waals surface area (Å²) >= 11 is 0. The minimum Gasteiger partial charge on any atom is -0.493 e. The molecule has 0 aliphatic carbocycles. The first-order valence-electron chi connectivity index (χ1n) is 12.0. The first-order valence-corrected chi connectivity index (χ1v) is 12.0. The average Bonchev–Trinajstić information content (AvgIpc) is 2.96. The second-order valence-electron chi connectivity index (χ2n) is 8.46. The molecule has 0 heterocycles. The summed E-state index contributed by atoms with van der Waals surface area (Å²) in [5, 5.41) is 14.9. The lowest BCUT2D eigenvalue weighted by Crippen LogP contribution is -2.25. The maximum Gasteiger partial charge on any atom is 0.343 e. The van der Waals surface area contributed by atoms with E-state index in [9.17, 15) is 19.7 Å². The molecule has 13 heteroatoms. The summed E-state index contributed by atoms with van der Waals surface area (Å²) in [5.41, 5.74) is 4.06. The molecule has 0 fully saturated rings. The number of nitrogens with one attached hydrogen (secondary N) is 1. The second kappa shape index (κ2) is 13.6. The Morgan fingerprint density at radius 3 is 2.00 bits per heavy atom. The van der Waals surface area contributed by atoms with E-state index in [2.05, 4.69) is 10.5 Å². The highest BCUT2D eigenvalue weighted by Crippen LogP contribution is 2.39. The lowest BCUT2D eigenvalue weighted by molar-refractivity contribution is -0.385. The molecule has 41 heavy (non-hydrogen) atoms. The van der Waals surface area contributed by atoms with Crippen molar-refractivity contribution in [1.29, 1.82) is 0 Å². The Labute approximate surface area is 235 Å². The summed E-state index contributed by atoms with van der Waals surface area (Å²) in [7, 11) is 5.74. The summed E-state index contributed by atoms with van der Waals surface area (Å²) in [6, 6.07) is 10.4. The number of nitrogens with zero attached hydrogens (tertiary/aromatic N) is 2. The van der Waals surface area contributed by atoms with E-state index < -0.39 is 16.8 Å². The molecule has 3 aromatic rings. The normalized spacial score (nSPS) is 10.6. The molecule has 0 saturated heterocycles. The number of methoxy groups -OCH3 is 4. The van der Waals surface area contributed by atoms with E-state index in [1.807, 2.05) is 0 Å². The van der Waals surface area contributed by atoms with Crippen molar-refractivity contribution in [2.24, 2.45) is 5.10 Å². The highest BCUT2D eigenvalue weighted by Gasteiger charge is 2.20. The number of benzene rings is 3. The van der Waals surface area contributed by atoms with Gasteiger partial charge in [-0.3, -0.25) is 14.9 Å². The molecule has 0 spiro atoms. The van der Waals surface area contributed by atoms with Gasteiger partial charge in [0.15, 0.2) is 29.6 Å². The molecule has 0 radical (unpaired) electrons. The van der Waals surface area contributed by atoms with Crippen molar-refractivity contribution >= 4 is 23.8 Å². The van der Waals surface area contributed by atoms with E-state index in [1.54, 1.807) is 26.0 Å². The van der Waals surface area contributed by atoms with Crippen molar-refractivity contribution in [2.45, 2.75) is 13.8 Å². The Hall–Kier alpha value is -5.33. The van der Waals surface area contributed by atoms with E-state index in [1.165, 1.54) is 65.0 Å². The molecule has 1 N–H and O–H groups in total. The number of nitro benzene ring substituents is 1. The zero-order valence-corrected chi connectivity index (χ0v) is 23.3. The van der Waals surface area contributed by atoms with Crippen LogP contribution in [0.5, 0.6) is 34.5 Å². The Balaban J connectivity index is 1.64. The van der Waals surface area contributed by atoms with Crippen molar-refractivity contribution in [3.8, 4) is 34.5 Å². The van der Waals surface area contributed by atoms with E-state index in [0.717, 1.165) is 0 Å². The molecule has 13 nitrogen and oxygen atoms in total. The summed E-state index contributed by atoms with van der Waals surface area (Å²) in [5.74, 6) is 0.476. The zero-order chi connectivity index (χ0) is 30.1. The minimum absolute atomic E-state index is 0.0567. The van der Waals surface area contributed by atoms with Crippen LogP contribution >= 0.6 is 0 Å². The number of nitro groups is 1. The van der Waals surface area contributed by atoms with Gasteiger partial charge >= 0.3 is 5.97 Å². The molecular formula is C28H29N3O10. The monoisotopic (exact) mass is 567 g/mol. The SMILES string of the molecule is COc1cc(C=NNC(=O)COc2c(C)cc([N+](=O)[O-])cc2C)ccc1OC(=O)c1cc(OC)c(OC)c(OC)c1. The summed E-state index contributed by atoms with van der Waals surface area (Å²) in [6.45, 7) is 2.96. The maximum absolute atomic E-state index is 12.9. The van der Waals surface area contributed by atoms with Gasteiger partial charge in [-0.2, -0.15) is 5.10 Å². The number of ether oxygens (including phenoxy) is 6. The standard InChI is InChI=1S/C28H29N3O10/c1-16-9-20(31(34)35)10-17(2)26(16)40-15-25(32)30-29-14-18-7-8-21(22(11-18)36-3)41-28(33)19-12-23(37-4)27(39-6)24(13-19)38-5/h7-14H,15H2,1-6H3,(H,30,32). The van der Waals surface area contributed by atoms with Gasteiger partial charge in [0.1, 0.15) is 5.75 Å². The van der Waals surface area contributed by atoms with Crippen molar-refractivity contribution in [3.63, 3.8) is 0 Å². The maximum atomic E-state index is 12.9. The topological polar surface area (TPSA) is 157 Å². The minimum atomic E-state index is -0.685. The van der Waals surface area contributed by atoms with Crippen LogP contribution in [0.4, 0.5) is 5.69 Å². The number of carbonyl (C=O) groups is 2. The molecule has 3 aromatic carbocycles. The molecule has 0 bridgehead atoms. The lowest BCUT2D eigenvalue weighted by Gasteiger charge is -2.14. The fraction of sp³-hybridized carbons (Fsp3) is 0.250. The zero-order valence-electron chi connectivity index (χ0n) is 23.3. The summed E-state index contributed by atoms with van der Waals surface area (Å²) < 4.78 is 32.2. The molecular weight excluding hydrogens is 538 g/mol. The van der Waals surface area contributed by atoms with Gasteiger partial charge < -0.3 is 28.4 Å². The number of carbonyl (C=O) groups excluding carboxylic acids is 2. The van der Waals surface area contributed by atoms with Crippen LogP contribution in [0, 0.1) is 24.0 Å². The van der Waals surface area contributed by atoms with Gasteiger partial charge in [-0.25, -0.2) is 10.2 Å².